The Bertz CT molecular complexity index is 727. The lowest BCUT2D eigenvalue weighted by Crippen LogP contribution is -2.66. The number of piperazine rings is 1. The van der Waals surface area contributed by atoms with Gasteiger partial charge in [0.15, 0.2) is 10.6 Å². The molecule has 2 aromatic rings. The number of anilines is 1. The van der Waals surface area contributed by atoms with Crippen LogP contribution in [0.5, 0.6) is 0 Å². The van der Waals surface area contributed by atoms with Gasteiger partial charge in [-0.1, -0.05) is 0 Å². The lowest BCUT2D eigenvalue weighted by molar-refractivity contribution is -0.0450. The Morgan fingerprint density at radius 2 is 2.09 bits per heavy atom. The monoisotopic (exact) mass is 341 g/mol. The Balaban J connectivity index is 1.72. The van der Waals surface area contributed by atoms with Crippen LogP contribution < -0.4 is 4.90 Å². The third-order valence-electron chi connectivity index (χ3n) is 3.94. The van der Waals surface area contributed by atoms with Gasteiger partial charge in [0, 0.05) is 13.1 Å². The highest BCUT2D eigenvalue weighted by Crippen LogP contribution is 2.31. The number of morpholine rings is 1. The average molecular weight is 342 g/mol. The maximum Gasteiger partial charge on any atom is 0.408 e. The van der Waals surface area contributed by atoms with Gasteiger partial charge < -0.3 is 14.7 Å². The standard InChI is InChI=1S/C12H12ClN5O3S/c13-11-15-9(8-10(16-11)22-5-14-8)17-1-6-3-21-4-7(2-17)18(6)12(19)20/h5-7H,1-4H2,(H,19,20). The zero-order chi connectivity index (χ0) is 15.3. The first kappa shape index (κ1) is 13.9. The number of carbonyl (C=O) groups is 1. The van der Waals surface area contributed by atoms with E-state index in [9.17, 15) is 9.90 Å². The van der Waals surface area contributed by atoms with Gasteiger partial charge in [-0.25, -0.2) is 14.8 Å². The molecule has 0 radical (unpaired) electrons. The van der Waals surface area contributed by atoms with Crippen LogP contribution in [0.3, 0.4) is 0 Å². The normalized spacial score (nSPS) is 24.8. The number of hydrogen-bond donors (Lipinski definition) is 1. The molecule has 1 amide bonds. The predicted octanol–water partition coefficient (Wildman–Crippen LogP) is 1.31. The summed E-state index contributed by atoms with van der Waals surface area (Å²) in [4.78, 5) is 28.5. The van der Waals surface area contributed by atoms with E-state index in [0.717, 1.165) is 4.83 Å². The molecule has 4 rings (SSSR count). The Kier molecular flexibility index (Phi) is 3.28. The molecule has 10 heteroatoms. The summed E-state index contributed by atoms with van der Waals surface area (Å²) in [6, 6.07) is -0.431. The molecule has 4 heterocycles. The zero-order valence-corrected chi connectivity index (χ0v) is 12.9. The van der Waals surface area contributed by atoms with Gasteiger partial charge in [0.25, 0.3) is 0 Å². The van der Waals surface area contributed by atoms with Gasteiger partial charge >= 0.3 is 6.09 Å². The van der Waals surface area contributed by atoms with Crippen LogP contribution in [0.15, 0.2) is 5.51 Å². The van der Waals surface area contributed by atoms with E-state index >= 15 is 0 Å². The van der Waals surface area contributed by atoms with Crippen LogP contribution in [0.25, 0.3) is 10.3 Å². The molecule has 2 unspecified atom stereocenters. The molecule has 2 aliphatic rings. The van der Waals surface area contributed by atoms with Crippen LogP contribution in [0.2, 0.25) is 5.28 Å². The van der Waals surface area contributed by atoms with E-state index in [2.05, 4.69) is 15.0 Å². The van der Waals surface area contributed by atoms with Crippen LogP contribution >= 0.6 is 22.9 Å². The quantitative estimate of drug-likeness (QED) is 0.782. The van der Waals surface area contributed by atoms with E-state index < -0.39 is 6.09 Å². The predicted molar refractivity (Wildman–Crippen MR) is 80.7 cm³/mol. The summed E-state index contributed by atoms with van der Waals surface area (Å²) < 4.78 is 5.49. The minimum atomic E-state index is -0.905. The second kappa shape index (κ2) is 5.18. The van der Waals surface area contributed by atoms with Gasteiger partial charge in [-0.2, -0.15) is 4.98 Å². The molecular weight excluding hydrogens is 330 g/mol. The fourth-order valence-electron chi connectivity index (χ4n) is 3.09. The van der Waals surface area contributed by atoms with Gasteiger partial charge in [0.1, 0.15) is 5.52 Å². The Labute approximate surface area is 134 Å². The molecule has 0 aliphatic carbocycles. The van der Waals surface area contributed by atoms with Gasteiger partial charge in [-0.05, 0) is 11.6 Å². The van der Waals surface area contributed by atoms with Crippen molar-refractivity contribution in [2.45, 2.75) is 12.1 Å². The largest absolute Gasteiger partial charge is 0.465 e. The second-order valence-corrected chi connectivity index (χ2v) is 6.43. The van der Waals surface area contributed by atoms with Gasteiger partial charge in [-0.15, -0.1) is 11.3 Å². The third-order valence-corrected chi connectivity index (χ3v) is 4.83. The molecule has 8 nitrogen and oxygen atoms in total. The van der Waals surface area contributed by atoms with Crippen molar-refractivity contribution in [2.75, 3.05) is 31.2 Å². The number of aromatic nitrogens is 3. The number of amides is 1. The molecule has 2 aromatic heterocycles. The van der Waals surface area contributed by atoms with Crippen LogP contribution in [0.1, 0.15) is 0 Å². The molecule has 2 atom stereocenters. The SMILES string of the molecule is O=C(O)N1C2COCC1CN(c1nc(Cl)nc3scnc13)C2. The molecule has 2 fully saturated rings. The Morgan fingerprint density at radius 1 is 1.36 bits per heavy atom. The Morgan fingerprint density at radius 3 is 2.77 bits per heavy atom. The molecular formula is C12H12ClN5O3S. The van der Waals surface area contributed by atoms with Crippen molar-refractivity contribution in [2.24, 2.45) is 0 Å². The van der Waals surface area contributed by atoms with Crippen LogP contribution in [-0.4, -0.2) is 69.4 Å². The van der Waals surface area contributed by atoms with Crippen molar-refractivity contribution in [1.29, 1.82) is 0 Å². The van der Waals surface area contributed by atoms with Crippen molar-refractivity contribution < 1.29 is 14.6 Å². The molecule has 0 aromatic carbocycles. The molecule has 116 valence electrons. The minimum Gasteiger partial charge on any atom is -0.465 e. The highest BCUT2D eigenvalue weighted by Gasteiger charge is 2.42. The Hall–Kier alpha value is -1.71. The summed E-state index contributed by atoms with van der Waals surface area (Å²) in [7, 11) is 0. The van der Waals surface area contributed by atoms with Crippen LogP contribution in [0, 0.1) is 0 Å². The van der Waals surface area contributed by atoms with Crippen molar-refractivity contribution in [1.82, 2.24) is 19.9 Å². The summed E-state index contributed by atoms with van der Waals surface area (Å²) in [5, 5.41) is 9.55. The fraction of sp³-hybridized carbons (Fsp3) is 0.500. The van der Waals surface area contributed by atoms with Gasteiger partial charge in [-0.3, -0.25) is 4.90 Å². The number of fused-ring (bicyclic) bond motifs is 3. The third kappa shape index (κ3) is 2.16. The molecule has 1 N–H and O–H groups in total. The van der Waals surface area contributed by atoms with Crippen molar-refractivity contribution in [3.8, 4) is 0 Å². The van der Waals surface area contributed by atoms with Crippen molar-refractivity contribution in [3.05, 3.63) is 10.8 Å². The zero-order valence-electron chi connectivity index (χ0n) is 11.3. The highest BCUT2D eigenvalue weighted by molar-refractivity contribution is 7.16. The van der Waals surface area contributed by atoms with Gasteiger partial charge in [0.2, 0.25) is 5.28 Å². The number of rotatable bonds is 1. The maximum atomic E-state index is 11.4. The topological polar surface area (TPSA) is 91.7 Å². The highest BCUT2D eigenvalue weighted by atomic mass is 35.5. The van der Waals surface area contributed by atoms with Crippen molar-refractivity contribution in [3.63, 3.8) is 0 Å². The molecule has 22 heavy (non-hydrogen) atoms. The van der Waals surface area contributed by atoms with E-state index in [0.29, 0.717) is 37.6 Å². The van der Waals surface area contributed by atoms with E-state index in [-0.39, 0.29) is 17.4 Å². The maximum absolute atomic E-state index is 11.4. The minimum absolute atomic E-state index is 0.175. The lowest BCUT2D eigenvalue weighted by Gasteiger charge is -2.48. The summed E-state index contributed by atoms with van der Waals surface area (Å²) in [6.45, 7) is 1.78. The molecule has 2 aliphatic heterocycles. The first-order valence-corrected chi connectivity index (χ1v) is 8.00. The van der Waals surface area contributed by atoms with E-state index in [1.807, 2.05) is 4.90 Å². The first-order chi connectivity index (χ1) is 10.6. The van der Waals surface area contributed by atoms with Crippen LogP contribution in [-0.2, 0) is 4.74 Å². The number of thiazole rings is 1. The van der Waals surface area contributed by atoms with Crippen molar-refractivity contribution >= 4 is 45.2 Å². The summed E-state index contributed by atoms with van der Waals surface area (Å²) in [5.41, 5.74) is 2.41. The van der Waals surface area contributed by atoms with E-state index in [1.165, 1.54) is 16.2 Å². The first-order valence-electron chi connectivity index (χ1n) is 6.74. The summed E-state index contributed by atoms with van der Waals surface area (Å²) in [5.74, 6) is 0.665. The number of carboxylic acid groups (broad SMARTS) is 1. The van der Waals surface area contributed by atoms with Crippen LogP contribution in [0.4, 0.5) is 10.6 Å². The molecule has 0 saturated carbocycles. The lowest BCUT2D eigenvalue weighted by atomic mass is 10.1. The number of hydrogen-bond acceptors (Lipinski definition) is 7. The summed E-state index contributed by atoms with van der Waals surface area (Å²) in [6.07, 6.45) is -0.905. The number of halogens is 1. The second-order valence-electron chi connectivity index (χ2n) is 5.26. The smallest absolute Gasteiger partial charge is 0.408 e. The average Bonchev–Trinajstić information content (AvgIpc) is 2.92. The molecule has 0 spiro atoms. The molecule has 2 saturated heterocycles. The number of ether oxygens (including phenoxy) is 1. The number of nitrogens with zero attached hydrogens (tertiary/aromatic N) is 5. The van der Waals surface area contributed by atoms with E-state index in [1.54, 1.807) is 5.51 Å². The summed E-state index contributed by atoms with van der Waals surface area (Å²) >= 11 is 7.40. The van der Waals surface area contributed by atoms with Gasteiger partial charge in [0.05, 0.1) is 30.8 Å². The van der Waals surface area contributed by atoms with E-state index in [4.69, 9.17) is 16.3 Å². The molecule has 2 bridgehead atoms. The fourth-order valence-corrected chi connectivity index (χ4v) is 3.96.